The zero-order valence-corrected chi connectivity index (χ0v) is 57.4. The summed E-state index contributed by atoms with van der Waals surface area (Å²) in [5.74, 6) is -0.132. The van der Waals surface area contributed by atoms with Gasteiger partial charge in [-0.05, 0) is 12.8 Å². The van der Waals surface area contributed by atoms with Crippen LogP contribution >= 0.6 is 7.82 Å². The Hall–Kier alpha value is -0.500. The number of phosphoric ester groups is 1. The average Bonchev–Trinajstić information content (AvgIpc) is 3.47. The van der Waals surface area contributed by atoms with Gasteiger partial charge in [0.1, 0.15) is 13.2 Å². The van der Waals surface area contributed by atoms with Crippen molar-refractivity contribution in [2.24, 2.45) is 0 Å². The standard InChI is InChI=1S/C73H149N2O6P/c1-6-8-10-12-14-16-18-20-22-24-26-28-30-31-32-33-34-35-36-37-38-39-40-41-42-43-45-47-49-51-53-55-57-59-61-63-65-67-73(77)74-71(70-81-82(78,79)80-69-68-75(3,4)5)72(76)66-64-62-60-58-56-54-52-50-48-46-44-29-27-25-23-21-19-17-15-13-11-9-7-2/h71-72,76H,6-70H2,1-5H3,(H-,74,77,78,79)/p+1. The Kier molecular flexibility index (Phi) is 64.6. The van der Waals surface area contributed by atoms with Gasteiger partial charge in [0.15, 0.2) is 0 Å². The van der Waals surface area contributed by atoms with E-state index in [4.69, 9.17) is 9.05 Å². The molecule has 0 saturated heterocycles. The maximum atomic E-state index is 13.1. The van der Waals surface area contributed by atoms with Crippen molar-refractivity contribution in [3.05, 3.63) is 0 Å². The first-order valence-corrected chi connectivity index (χ1v) is 38.9. The van der Waals surface area contributed by atoms with E-state index in [0.29, 0.717) is 23.9 Å². The molecule has 0 aliphatic carbocycles. The van der Waals surface area contributed by atoms with Crippen molar-refractivity contribution < 1.29 is 32.9 Å². The Bertz CT molecular complexity index is 1300. The molecule has 3 N–H and O–H groups in total. The van der Waals surface area contributed by atoms with Crippen molar-refractivity contribution in [3.8, 4) is 0 Å². The number of amides is 1. The van der Waals surface area contributed by atoms with Gasteiger partial charge in [-0.2, -0.15) is 0 Å². The number of quaternary nitrogens is 1. The van der Waals surface area contributed by atoms with Crippen LogP contribution in [0.1, 0.15) is 412 Å². The number of rotatable bonds is 71. The van der Waals surface area contributed by atoms with E-state index in [1.165, 1.54) is 347 Å². The van der Waals surface area contributed by atoms with E-state index in [-0.39, 0.29) is 19.1 Å². The van der Waals surface area contributed by atoms with E-state index >= 15 is 0 Å². The van der Waals surface area contributed by atoms with E-state index < -0.39 is 20.0 Å². The molecule has 0 aromatic carbocycles. The molecule has 0 aromatic heterocycles. The van der Waals surface area contributed by atoms with Crippen molar-refractivity contribution in [2.75, 3.05) is 40.9 Å². The quantitative estimate of drug-likeness (QED) is 0.0318. The van der Waals surface area contributed by atoms with Crippen LogP contribution in [0.4, 0.5) is 0 Å². The molecule has 0 fully saturated rings. The van der Waals surface area contributed by atoms with Gasteiger partial charge in [-0.25, -0.2) is 4.57 Å². The molecule has 492 valence electrons. The van der Waals surface area contributed by atoms with Crippen LogP contribution in [0.2, 0.25) is 0 Å². The second-order valence-electron chi connectivity index (χ2n) is 27.4. The van der Waals surface area contributed by atoms with Crippen LogP contribution in [-0.4, -0.2) is 73.4 Å². The summed E-state index contributed by atoms with van der Waals surface area (Å²) in [4.78, 5) is 23.5. The van der Waals surface area contributed by atoms with Gasteiger partial charge in [-0.3, -0.25) is 13.8 Å². The fraction of sp³-hybridized carbons (Fsp3) is 0.986. The summed E-state index contributed by atoms with van der Waals surface area (Å²) in [6, 6.07) is -0.757. The second kappa shape index (κ2) is 65.0. The summed E-state index contributed by atoms with van der Waals surface area (Å²) in [6.07, 6.45) is 82.4. The van der Waals surface area contributed by atoms with Crippen LogP contribution in [-0.2, 0) is 18.4 Å². The molecule has 0 radical (unpaired) electrons. The number of aliphatic hydroxyl groups is 1. The summed E-state index contributed by atoms with van der Waals surface area (Å²) in [6.45, 7) is 4.97. The van der Waals surface area contributed by atoms with Crippen molar-refractivity contribution in [1.82, 2.24) is 5.32 Å². The molecular formula is C73H150N2O6P+. The lowest BCUT2D eigenvalue weighted by atomic mass is 10.0. The Morgan fingerprint density at radius 1 is 0.366 bits per heavy atom. The molecule has 8 nitrogen and oxygen atoms in total. The third kappa shape index (κ3) is 67.0. The summed E-state index contributed by atoms with van der Waals surface area (Å²) < 4.78 is 23.9. The molecule has 0 saturated carbocycles. The molecule has 3 atom stereocenters. The number of carbonyl (C=O) groups excluding carboxylic acids is 1. The average molecular weight is 1180 g/mol. The van der Waals surface area contributed by atoms with Crippen molar-refractivity contribution in [2.45, 2.75) is 424 Å². The van der Waals surface area contributed by atoms with E-state index in [1.54, 1.807) is 0 Å². The van der Waals surface area contributed by atoms with Crippen LogP contribution in [0.3, 0.4) is 0 Å². The van der Waals surface area contributed by atoms with Crippen LogP contribution in [0.15, 0.2) is 0 Å². The summed E-state index contributed by atoms with van der Waals surface area (Å²) in [5.41, 5.74) is 0. The van der Waals surface area contributed by atoms with Crippen molar-refractivity contribution >= 4 is 13.7 Å². The second-order valence-corrected chi connectivity index (χ2v) is 28.9. The van der Waals surface area contributed by atoms with Crippen LogP contribution < -0.4 is 5.32 Å². The van der Waals surface area contributed by atoms with Crippen LogP contribution in [0.5, 0.6) is 0 Å². The monoisotopic (exact) mass is 1180 g/mol. The predicted molar refractivity (Wildman–Crippen MR) is 360 cm³/mol. The first kappa shape index (κ1) is 81.5. The van der Waals surface area contributed by atoms with Gasteiger partial charge in [-0.15, -0.1) is 0 Å². The minimum atomic E-state index is -4.33. The lowest BCUT2D eigenvalue weighted by Crippen LogP contribution is -2.46. The molecule has 82 heavy (non-hydrogen) atoms. The highest BCUT2D eigenvalue weighted by Gasteiger charge is 2.28. The molecule has 0 rings (SSSR count). The highest BCUT2D eigenvalue weighted by atomic mass is 31.2. The first-order valence-electron chi connectivity index (χ1n) is 37.4. The Morgan fingerprint density at radius 2 is 0.585 bits per heavy atom. The molecule has 0 bridgehead atoms. The summed E-state index contributed by atoms with van der Waals surface area (Å²) >= 11 is 0. The lowest BCUT2D eigenvalue weighted by Gasteiger charge is -2.26. The fourth-order valence-electron chi connectivity index (χ4n) is 12.1. The number of likely N-dealkylation sites (N-methyl/N-ethyl adjacent to an activating group) is 1. The Balaban J connectivity index is 3.89. The lowest BCUT2D eigenvalue weighted by molar-refractivity contribution is -0.870. The highest BCUT2D eigenvalue weighted by molar-refractivity contribution is 7.47. The highest BCUT2D eigenvalue weighted by Crippen LogP contribution is 2.43. The normalized spacial score (nSPS) is 13.5. The number of unbranched alkanes of at least 4 members (excludes halogenated alkanes) is 58. The zero-order valence-electron chi connectivity index (χ0n) is 56.5. The predicted octanol–water partition coefficient (Wildman–Crippen LogP) is 23.9. The minimum absolute atomic E-state index is 0.0795. The first-order chi connectivity index (χ1) is 40.0. The maximum absolute atomic E-state index is 13.1. The van der Waals surface area contributed by atoms with Crippen LogP contribution in [0.25, 0.3) is 0 Å². The molecule has 1 amide bonds. The molecule has 3 unspecified atom stereocenters. The van der Waals surface area contributed by atoms with E-state index in [1.807, 2.05) is 21.1 Å². The van der Waals surface area contributed by atoms with Gasteiger partial charge in [0.2, 0.25) is 5.91 Å². The number of carbonyl (C=O) groups is 1. The smallest absolute Gasteiger partial charge is 0.391 e. The largest absolute Gasteiger partial charge is 0.472 e. The number of hydrogen-bond donors (Lipinski definition) is 3. The zero-order chi connectivity index (χ0) is 59.8. The van der Waals surface area contributed by atoms with Crippen molar-refractivity contribution in [3.63, 3.8) is 0 Å². The topological polar surface area (TPSA) is 105 Å². The Morgan fingerprint density at radius 3 is 0.817 bits per heavy atom. The number of phosphoric acid groups is 1. The van der Waals surface area contributed by atoms with Gasteiger partial charge in [0.05, 0.1) is 39.9 Å². The summed E-state index contributed by atoms with van der Waals surface area (Å²) in [5, 5.41) is 14.2. The molecular weight excluding hydrogens is 1030 g/mol. The maximum Gasteiger partial charge on any atom is 0.472 e. The molecule has 9 heteroatoms. The number of aliphatic hydroxyl groups excluding tert-OH is 1. The molecule has 0 spiro atoms. The van der Waals surface area contributed by atoms with E-state index in [0.717, 1.165) is 38.5 Å². The third-order valence-corrected chi connectivity index (χ3v) is 18.8. The minimum Gasteiger partial charge on any atom is -0.391 e. The van der Waals surface area contributed by atoms with Gasteiger partial charge in [0, 0.05) is 6.42 Å². The van der Waals surface area contributed by atoms with Gasteiger partial charge >= 0.3 is 7.82 Å². The fourth-order valence-corrected chi connectivity index (χ4v) is 12.8. The molecule has 0 aromatic rings. The van der Waals surface area contributed by atoms with Gasteiger partial charge in [0.25, 0.3) is 0 Å². The third-order valence-electron chi connectivity index (χ3n) is 17.9. The van der Waals surface area contributed by atoms with E-state index in [2.05, 4.69) is 19.2 Å². The SMILES string of the molecule is CCCCCCCCCCCCCCCCCCCCCCCCCCCCCCCCCCCCCCCC(=O)NC(COP(=O)(O)OCC[N+](C)(C)C)C(O)CCCCCCCCCCCCCCCCCCCCCCCCC. The number of nitrogens with one attached hydrogen (secondary N) is 1. The van der Waals surface area contributed by atoms with Crippen LogP contribution in [0, 0.1) is 0 Å². The molecule has 0 aliphatic rings. The van der Waals surface area contributed by atoms with Gasteiger partial charge < -0.3 is 19.8 Å². The summed E-state index contributed by atoms with van der Waals surface area (Å²) in [7, 11) is 1.64. The van der Waals surface area contributed by atoms with E-state index in [9.17, 15) is 19.4 Å². The van der Waals surface area contributed by atoms with Crippen molar-refractivity contribution in [1.29, 1.82) is 0 Å². The Labute approximate surface area is 514 Å². The molecule has 0 heterocycles. The number of nitrogens with zero attached hydrogens (tertiary/aromatic N) is 1. The molecule has 0 aliphatic heterocycles. The van der Waals surface area contributed by atoms with Gasteiger partial charge in [-0.1, -0.05) is 393 Å². The number of hydrogen-bond acceptors (Lipinski definition) is 5.